The van der Waals surface area contributed by atoms with E-state index in [0.29, 0.717) is 0 Å². The van der Waals surface area contributed by atoms with E-state index >= 15 is 0 Å². The Balaban J connectivity index is 1.94. The maximum atomic E-state index is 6.05. The van der Waals surface area contributed by atoms with Gasteiger partial charge in [-0.3, -0.25) is 4.90 Å². The van der Waals surface area contributed by atoms with Crippen molar-refractivity contribution < 1.29 is 0 Å². The minimum absolute atomic E-state index is 0.237. The Morgan fingerprint density at radius 3 is 2.56 bits per heavy atom. The van der Waals surface area contributed by atoms with Gasteiger partial charge in [0.25, 0.3) is 0 Å². The molecule has 0 aromatic carbocycles. The first kappa shape index (κ1) is 12.7. The molecule has 2 nitrogen and oxygen atoms in total. The summed E-state index contributed by atoms with van der Waals surface area (Å²) >= 11 is 2.09. The fourth-order valence-electron chi connectivity index (χ4n) is 2.96. The molecule has 1 aliphatic carbocycles. The standard InChI is InChI=1S/C13H26N2S/c1-13(10-14,8-11-4-3-5-11)15(2)12-6-7-16-9-12/h11-12H,3-10,14H2,1-2H3. The molecule has 0 bridgehead atoms. The van der Waals surface area contributed by atoms with Crippen LogP contribution in [0.5, 0.6) is 0 Å². The SMILES string of the molecule is CN(C1CCSC1)C(C)(CN)CC1CCC1. The lowest BCUT2D eigenvalue weighted by Crippen LogP contribution is -2.55. The third-order valence-electron chi connectivity index (χ3n) is 4.70. The molecule has 2 aliphatic rings. The average molecular weight is 242 g/mol. The molecule has 2 rings (SSSR count). The van der Waals surface area contributed by atoms with E-state index < -0.39 is 0 Å². The number of nitrogens with zero attached hydrogens (tertiary/aromatic N) is 1. The van der Waals surface area contributed by atoms with Crippen LogP contribution in [-0.4, -0.2) is 41.6 Å². The lowest BCUT2D eigenvalue weighted by Gasteiger charge is -2.45. The lowest BCUT2D eigenvalue weighted by atomic mass is 9.75. The smallest absolute Gasteiger partial charge is 0.0306 e. The fraction of sp³-hybridized carbons (Fsp3) is 1.00. The van der Waals surface area contributed by atoms with Gasteiger partial charge in [-0.15, -0.1) is 0 Å². The first-order valence-corrected chi connectivity index (χ1v) is 7.82. The normalized spacial score (nSPS) is 30.4. The van der Waals surface area contributed by atoms with Gasteiger partial charge in [0, 0.05) is 23.9 Å². The van der Waals surface area contributed by atoms with Crippen molar-refractivity contribution in [1.82, 2.24) is 4.90 Å². The van der Waals surface area contributed by atoms with Crippen LogP contribution in [0, 0.1) is 5.92 Å². The Hall–Kier alpha value is 0.270. The second-order valence-electron chi connectivity index (χ2n) is 5.83. The third-order valence-corrected chi connectivity index (χ3v) is 5.84. The molecular formula is C13H26N2S. The van der Waals surface area contributed by atoms with Crippen LogP contribution in [0.15, 0.2) is 0 Å². The molecule has 2 atom stereocenters. The summed E-state index contributed by atoms with van der Waals surface area (Å²) < 4.78 is 0. The summed E-state index contributed by atoms with van der Waals surface area (Å²) in [5, 5.41) is 0. The summed E-state index contributed by atoms with van der Waals surface area (Å²) in [6.45, 7) is 3.18. The molecule has 0 radical (unpaired) electrons. The van der Waals surface area contributed by atoms with Gasteiger partial charge in [0.1, 0.15) is 0 Å². The summed E-state index contributed by atoms with van der Waals surface area (Å²) in [4.78, 5) is 2.59. The van der Waals surface area contributed by atoms with Gasteiger partial charge in [-0.25, -0.2) is 0 Å². The fourth-order valence-corrected chi connectivity index (χ4v) is 4.23. The van der Waals surface area contributed by atoms with E-state index in [1.165, 1.54) is 43.6 Å². The molecule has 94 valence electrons. The van der Waals surface area contributed by atoms with Gasteiger partial charge in [-0.2, -0.15) is 11.8 Å². The van der Waals surface area contributed by atoms with E-state index in [4.69, 9.17) is 5.73 Å². The molecule has 2 fully saturated rings. The summed E-state index contributed by atoms with van der Waals surface area (Å²) in [7, 11) is 2.29. The van der Waals surface area contributed by atoms with Crippen molar-refractivity contribution in [3.63, 3.8) is 0 Å². The van der Waals surface area contributed by atoms with Gasteiger partial charge in [-0.1, -0.05) is 19.3 Å². The van der Waals surface area contributed by atoms with Crippen LogP contribution in [-0.2, 0) is 0 Å². The van der Waals surface area contributed by atoms with Crippen LogP contribution in [0.3, 0.4) is 0 Å². The second-order valence-corrected chi connectivity index (χ2v) is 6.98. The molecular weight excluding hydrogens is 216 g/mol. The Bertz CT molecular complexity index is 224. The Morgan fingerprint density at radius 1 is 1.38 bits per heavy atom. The van der Waals surface area contributed by atoms with E-state index in [2.05, 4.69) is 30.6 Å². The van der Waals surface area contributed by atoms with Crippen LogP contribution in [0.2, 0.25) is 0 Å². The van der Waals surface area contributed by atoms with Crippen molar-refractivity contribution in [3.8, 4) is 0 Å². The Morgan fingerprint density at radius 2 is 2.12 bits per heavy atom. The number of hydrogen-bond donors (Lipinski definition) is 1. The zero-order chi connectivity index (χ0) is 11.6. The molecule has 1 aliphatic heterocycles. The number of rotatable bonds is 5. The summed E-state index contributed by atoms with van der Waals surface area (Å²) in [6.07, 6.45) is 6.96. The maximum absolute atomic E-state index is 6.05. The van der Waals surface area contributed by atoms with Gasteiger partial charge < -0.3 is 5.73 Å². The van der Waals surface area contributed by atoms with Gasteiger partial charge in [0.15, 0.2) is 0 Å². The van der Waals surface area contributed by atoms with Gasteiger partial charge in [-0.05, 0) is 38.5 Å². The van der Waals surface area contributed by atoms with E-state index in [-0.39, 0.29) is 5.54 Å². The first-order valence-electron chi connectivity index (χ1n) is 6.66. The second kappa shape index (κ2) is 5.28. The van der Waals surface area contributed by atoms with E-state index in [1.54, 1.807) is 0 Å². The first-order chi connectivity index (χ1) is 7.65. The molecule has 0 spiro atoms. The Kier molecular flexibility index (Phi) is 4.20. The lowest BCUT2D eigenvalue weighted by molar-refractivity contribution is 0.0632. The van der Waals surface area contributed by atoms with Crippen molar-refractivity contribution in [2.24, 2.45) is 11.7 Å². The van der Waals surface area contributed by atoms with Gasteiger partial charge >= 0.3 is 0 Å². The molecule has 2 unspecified atom stereocenters. The van der Waals surface area contributed by atoms with Crippen LogP contribution >= 0.6 is 11.8 Å². The highest BCUT2D eigenvalue weighted by atomic mass is 32.2. The van der Waals surface area contributed by atoms with Crippen LogP contribution in [0.1, 0.15) is 39.0 Å². The average Bonchev–Trinajstić information content (AvgIpc) is 2.75. The monoisotopic (exact) mass is 242 g/mol. The summed E-state index contributed by atoms with van der Waals surface area (Å²) in [5.74, 6) is 3.58. The molecule has 1 saturated heterocycles. The van der Waals surface area contributed by atoms with Crippen LogP contribution in [0.25, 0.3) is 0 Å². The highest BCUT2D eigenvalue weighted by molar-refractivity contribution is 7.99. The van der Waals surface area contributed by atoms with Gasteiger partial charge in [0.2, 0.25) is 0 Å². The molecule has 0 amide bonds. The van der Waals surface area contributed by atoms with Crippen molar-refractivity contribution in [2.75, 3.05) is 25.1 Å². The number of hydrogen-bond acceptors (Lipinski definition) is 3. The quantitative estimate of drug-likeness (QED) is 0.802. The molecule has 0 aromatic rings. The minimum Gasteiger partial charge on any atom is -0.329 e. The summed E-state index contributed by atoms with van der Waals surface area (Å²) in [5.41, 5.74) is 6.29. The zero-order valence-electron chi connectivity index (χ0n) is 10.7. The third kappa shape index (κ3) is 2.57. The van der Waals surface area contributed by atoms with E-state index in [0.717, 1.165) is 18.5 Å². The molecule has 1 saturated carbocycles. The molecule has 1 heterocycles. The predicted molar refractivity (Wildman–Crippen MR) is 72.9 cm³/mol. The topological polar surface area (TPSA) is 29.3 Å². The van der Waals surface area contributed by atoms with Crippen molar-refractivity contribution in [3.05, 3.63) is 0 Å². The highest BCUT2D eigenvalue weighted by Crippen LogP contribution is 2.37. The number of nitrogens with two attached hydrogens (primary N) is 1. The minimum atomic E-state index is 0.237. The summed E-state index contributed by atoms with van der Waals surface area (Å²) in [6, 6.07) is 0.763. The van der Waals surface area contributed by atoms with Crippen LogP contribution in [0.4, 0.5) is 0 Å². The van der Waals surface area contributed by atoms with Crippen molar-refractivity contribution >= 4 is 11.8 Å². The Labute approximate surface area is 104 Å². The van der Waals surface area contributed by atoms with Gasteiger partial charge in [0.05, 0.1) is 0 Å². The van der Waals surface area contributed by atoms with Crippen molar-refractivity contribution in [1.29, 1.82) is 0 Å². The van der Waals surface area contributed by atoms with E-state index in [9.17, 15) is 0 Å². The zero-order valence-corrected chi connectivity index (χ0v) is 11.6. The largest absolute Gasteiger partial charge is 0.329 e. The van der Waals surface area contributed by atoms with E-state index in [1.807, 2.05) is 0 Å². The van der Waals surface area contributed by atoms with Crippen molar-refractivity contribution in [2.45, 2.75) is 50.6 Å². The number of likely N-dealkylation sites (N-methyl/N-ethyl adjacent to an activating group) is 1. The maximum Gasteiger partial charge on any atom is 0.0306 e. The predicted octanol–water partition coefficient (Wildman–Crippen LogP) is 2.33. The molecule has 0 aromatic heterocycles. The number of thioether (sulfide) groups is 1. The van der Waals surface area contributed by atoms with Crippen LogP contribution < -0.4 is 5.73 Å². The molecule has 16 heavy (non-hydrogen) atoms. The molecule has 3 heteroatoms. The molecule has 2 N–H and O–H groups in total. The highest BCUT2D eigenvalue weighted by Gasteiger charge is 2.37.